The predicted octanol–water partition coefficient (Wildman–Crippen LogP) is 1.23. The van der Waals surface area contributed by atoms with Gasteiger partial charge in [-0.25, -0.2) is 9.79 Å². The molecule has 0 aromatic rings. The standard InChI is InChI=1S/C7H8FNO2/c1-4-6(7(10)11-3)9-5(2)8/h4H,1-2H2,3H3/b9-6+. The minimum Gasteiger partial charge on any atom is -0.464 e. The van der Waals surface area contributed by atoms with Crippen molar-refractivity contribution in [2.75, 3.05) is 7.11 Å². The van der Waals surface area contributed by atoms with Gasteiger partial charge in [0.15, 0.2) is 5.71 Å². The van der Waals surface area contributed by atoms with Crippen LogP contribution in [0.25, 0.3) is 0 Å². The lowest BCUT2D eigenvalue weighted by Crippen LogP contribution is -2.12. The van der Waals surface area contributed by atoms with Gasteiger partial charge in [-0.3, -0.25) is 0 Å². The maximum absolute atomic E-state index is 12.0. The van der Waals surface area contributed by atoms with E-state index in [9.17, 15) is 9.18 Å². The average Bonchev–Trinajstić information content (AvgIpc) is 1.98. The van der Waals surface area contributed by atoms with Crippen molar-refractivity contribution < 1.29 is 13.9 Å². The van der Waals surface area contributed by atoms with E-state index in [-0.39, 0.29) is 5.71 Å². The Balaban J connectivity index is 4.52. The lowest BCUT2D eigenvalue weighted by atomic mass is 10.4. The first-order valence-corrected chi connectivity index (χ1v) is 2.75. The number of nitrogens with zero attached hydrogens (tertiary/aromatic N) is 1. The number of halogens is 1. The number of hydrogen-bond donors (Lipinski definition) is 0. The lowest BCUT2D eigenvalue weighted by molar-refractivity contribution is -0.132. The van der Waals surface area contributed by atoms with Crippen LogP contribution in [0.4, 0.5) is 4.39 Å². The topological polar surface area (TPSA) is 38.7 Å². The number of methoxy groups -OCH3 is 1. The number of ether oxygens (including phenoxy) is 1. The molecule has 0 bridgehead atoms. The summed E-state index contributed by atoms with van der Waals surface area (Å²) in [6, 6.07) is 0. The number of hydrogen-bond acceptors (Lipinski definition) is 3. The van der Waals surface area contributed by atoms with Crippen molar-refractivity contribution in [3.05, 3.63) is 25.2 Å². The second kappa shape index (κ2) is 4.38. The SMILES string of the molecule is C=C/C(=N\C(=C)F)C(=O)OC. The van der Waals surface area contributed by atoms with E-state index >= 15 is 0 Å². The monoisotopic (exact) mass is 157 g/mol. The first-order chi connectivity index (χ1) is 5.11. The van der Waals surface area contributed by atoms with E-state index in [1.54, 1.807) is 0 Å². The van der Waals surface area contributed by atoms with Crippen LogP contribution in [0.5, 0.6) is 0 Å². The maximum atomic E-state index is 12.0. The minimum absolute atomic E-state index is 0.194. The van der Waals surface area contributed by atoms with Gasteiger partial charge in [0.2, 0.25) is 5.95 Å². The lowest BCUT2D eigenvalue weighted by Gasteiger charge is -1.95. The summed E-state index contributed by atoms with van der Waals surface area (Å²) in [4.78, 5) is 13.8. The fourth-order valence-electron chi connectivity index (χ4n) is 0.410. The molecule has 0 spiro atoms. The largest absolute Gasteiger partial charge is 0.464 e. The van der Waals surface area contributed by atoms with E-state index in [1.807, 2.05) is 0 Å². The maximum Gasteiger partial charge on any atom is 0.356 e. The molecule has 0 fully saturated rings. The number of carbonyl (C=O) groups excluding carboxylic acids is 1. The molecule has 0 saturated heterocycles. The van der Waals surface area contributed by atoms with Crippen LogP contribution in [0.3, 0.4) is 0 Å². The van der Waals surface area contributed by atoms with Crippen LogP contribution in [-0.4, -0.2) is 18.8 Å². The molecule has 0 aromatic heterocycles. The Morgan fingerprint density at radius 3 is 2.55 bits per heavy atom. The van der Waals surface area contributed by atoms with Crippen LogP contribution in [0.15, 0.2) is 30.2 Å². The molecule has 0 unspecified atom stereocenters. The van der Waals surface area contributed by atoms with Crippen LogP contribution < -0.4 is 0 Å². The minimum atomic E-state index is -0.953. The van der Waals surface area contributed by atoms with Crippen molar-refractivity contribution >= 4 is 11.7 Å². The van der Waals surface area contributed by atoms with Gasteiger partial charge in [0.25, 0.3) is 0 Å². The fraction of sp³-hybridized carbons (Fsp3) is 0.143. The van der Waals surface area contributed by atoms with Gasteiger partial charge in [0, 0.05) is 0 Å². The summed E-state index contributed by atoms with van der Waals surface area (Å²) in [6.07, 6.45) is 1.09. The highest BCUT2D eigenvalue weighted by Gasteiger charge is 2.06. The van der Waals surface area contributed by atoms with Gasteiger partial charge in [-0.2, -0.15) is 4.39 Å². The zero-order chi connectivity index (χ0) is 8.85. The van der Waals surface area contributed by atoms with Gasteiger partial charge >= 0.3 is 5.97 Å². The zero-order valence-electron chi connectivity index (χ0n) is 6.13. The van der Waals surface area contributed by atoms with Crippen LogP contribution in [-0.2, 0) is 9.53 Å². The van der Waals surface area contributed by atoms with Crippen molar-refractivity contribution in [3.63, 3.8) is 0 Å². The molecule has 0 saturated carbocycles. The second-order valence-electron chi connectivity index (χ2n) is 1.57. The molecule has 3 nitrogen and oxygen atoms in total. The van der Waals surface area contributed by atoms with Gasteiger partial charge in [0.05, 0.1) is 7.11 Å². The van der Waals surface area contributed by atoms with E-state index in [2.05, 4.69) is 22.9 Å². The third-order valence-corrected chi connectivity index (χ3v) is 0.830. The summed E-state index contributed by atoms with van der Waals surface area (Å²) < 4.78 is 16.3. The van der Waals surface area contributed by atoms with E-state index in [0.29, 0.717) is 0 Å². The zero-order valence-corrected chi connectivity index (χ0v) is 6.13. The Hall–Kier alpha value is -1.45. The summed E-state index contributed by atoms with van der Waals surface area (Å²) in [5.74, 6) is -1.69. The van der Waals surface area contributed by atoms with Crippen molar-refractivity contribution in [3.8, 4) is 0 Å². The summed E-state index contributed by atoms with van der Waals surface area (Å²) in [6.45, 7) is 6.09. The van der Waals surface area contributed by atoms with Crippen LogP contribution in [0.2, 0.25) is 0 Å². The molecular formula is C7H8FNO2. The highest BCUT2D eigenvalue weighted by atomic mass is 19.1. The fourth-order valence-corrected chi connectivity index (χ4v) is 0.410. The van der Waals surface area contributed by atoms with Crippen molar-refractivity contribution in [1.29, 1.82) is 0 Å². The Morgan fingerprint density at radius 1 is 1.73 bits per heavy atom. The molecule has 4 heteroatoms. The molecule has 0 rings (SSSR count). The molecule has 11 heavy (non-hydrogen) atoms. The smallest absolute Gasteiger partial charge is 0.356 e. The molecule has 0 amide bonds. The van der Waals surface area contributed by atoms with Crippen LogP contribution in [0, 0.1) is 0 Å². The van der Waals surface area contributed by atoms with Gasteiger partial charge < -0.3 is 4.74 Å². The molecule has 0 atom stereocenters. The molecule has 0 aliphatic carbocycles. The van der Waals surface area contributed by atoms with E-state index in [1.165, 1.54) is 7.11 Å². The molecule has 0 aliphatic rings. The Labute approximate surface area is 63.9 Å². The quantitative estimate of drug-likeness (QED) is 0.351. The highest BCUT2D eigenvalue weighted by Crippen LogP contribution is 1.96. The predicted molar refractivity (Wildman–Crippen MR) is 39.9 cm³/mol. The van der Waals surface area contributed by atoms with Crippen LogP contribution >= 0.6 is 0 Å². The molecule has 0 heterocycles. The van der Waals surface area contributed by atoms with Gasteiger partial charge in [0.1, 0.15) is 0 Å². The normalized spacial score (nSPS) is 10.5. The number of aliphatic imine (C=N–C) groups is 1. The molecule has 0 N–H and O–H groups in total. The Morgan fingerprint density at radius 2 is 2.27 bits per heavy atom. The van der Waals surface area contributed by atoms with Gasteiger partial charge in [-0.15, -0.1) is 0 Å². The molecular weight excluding hydrogens is 149 g/mol. The van der Waals surface area contributed by atoms with E-state index in [0.717, 1.165) is 6.08 Å². The van der Waals surface area contributed by atoms with Crippen molar-refractivity contribution in [2.45, 2.75) is 0 Å². The average molecular weight is 157 g/mol. The molecule has 0 aromatic carbocycles. The summed E-state index contributed by atoms with van der Waals surface area (Å²) >= 11 is 0. The van der Waals surface area contributed by atoms with E-state index < -0.39 is 11.9 Å². The molecule has 0 radical (unpaired) electrons. The van der Waals surface area contributed by atoms with E-state index in [4.69, 9.17) is 0 Å². The number of rotatable bonds is 3. The Kier molecular flexibility index (Phi) is 3.80. The first kappa shape index (κ1) is 9.55. The van der Waals surface area contributed by atoms with Crippen molar-refractivity contribution in [1.82, 2.24) is 0 Å². The summed E-state index contributed by atoms with van der Waals surface area (Å²) in [7, 11) is 1.17. The highest BCUT2D eigenvalue weighted by molar-refractivity contribution is 6.41. The third-order valence-electron chi connectivity index (χ3n) is 0.830. The third kappa shape index (κ3) is 3.30. The van der Waals surface area contributed by atoms with Crippen LogP contribution in [0.1, 0.15) is 0 Å². The number of carbonyl (C=O) groups is 1. The van der Waals surface area contributed by atoms with Crippen molar-refractivity contribution in [2.24, 2.45) is 4.99 Å². The number of esters is 1. The summed E-state index contributed by atoms with van der Waals surface area (Å²) in [5.41, 5.74) is -0.194. The Bertz CT molecular complexity index is 220. The molecule has 60 valence electrons. The van der Waals surface area contributed by atoms with Gasteiger partial charge in [-0.05, 0) is 12.7 Å². The first-order valence-electron chi connectivity index (χ1n) is 2.75. The van der Waals surface area contributed by atoms with Gasteiger partial charge in [-0.1, -0.05) is 6.58 Å². The molecule has 0 aliphatic heterocycles. The summed E-state index contributed by atoms with van der Waals surface area (Å²) in [5, 5.41) is 0. The second-order valence-corrected chi connectivity index (χ2v) is 1.57.